The standard InChI is InChI=1S/C15H23NO3/c1-2-12(8-9-17)10-16-11-14(15(18)19)13-6-4-3-5-7-13/h3-7,12,14,16-17H,2,8-11H2,1H3,(H,18,19). The molecule has 0 aliphatic heterocycles. The summed E-state index contributed by atoms with van der Waals surface area (Å²) in [7, 11) is 0. The quantitative estimate of drug-likeness (QED) is 0.637. The van der Waals surface area contributed by atoms with Gasteiger partial charge in [-0.1, -0.05) is 43.7 Å². The number of aliphatic carboxylic acids is 1. The fourth-order valence-electron chi connectivity index (χ4n) is 2.10. The number of hydrogen-bond acceptors (Lipinski definition) is 3. The zero-order valence-corrected chi connectivity index (χ0v) is 11.4. The summed E-state index contributed by atoms with van der Waals surface area (Å²) in [6, 6.07) is 9.26. The van der Waals surface area contributed by atoms with Crippen molar-refractivity contribution in [3.05, 3.63) is 35.9 Å². The van der Waals surface area contributed by atoms with Gasteiger partial charge in [-0.25, -0.2) is 0 Å². The second-order valence-corrected chi connectivity index (χ2v) is 4.75. The SMILES string of the molecule is CCC(CCO)CNCC(C(=O)O)c1ccccc1. The smallest absolute Gasteiger partial charge is 0.312 e. The van der Waals surface area contributed by atoms with Crippen molar-refractivity contribution in [1.82, 2.24) is 5.32 Å². The Morgan fingerprint density at radius 2 is 1.95 bits per heavy atom. The van der Waals surface area contributed by atoms with Crippen LogP contribution in [0.3, 0.4) is 0 Å². The maximum absolute atomic E-state index is 11.3. The molecule has 4 nitrogen and oxygen atoms in total. The van der Waals surface area contributed by atoms with Gasteiger partial charge < -0.3 is 15.5 Å². The van der Waals surface area contributed by atoms with Gasteiger partial charge in [-0.05, 0) is 24.4 Å². The maximum atomic E-state index is 11.3. The number of carboxylic acid groups (broad SMARTS) is 1. The van der Waals surface area contributed by atoms with Gasteiger partial charge in [0.25, 0.3) is 0 Å². The normalized spacial score (nSPS) is 14.0. The molecule has 2 unspecified atom stereocenters. The van der Waals surface area contributed by atoms with Gasteiger partial charge in [0.1, 0.15) is 0 Å². The van der Waals surface area contributed by atoms with Crippen LogP contribution in [-0.4, -0.2) is 35.9 Å². The van der Waals surface area contributed by atoms with Crippen LogP contribution >= 0.6 is 0 Å². The third kappa shape index (κ3) is 5.41. The van der Waals surface area contributed by atoms with Gasteiger partial charge in [-0.3, -0.25) is 4.79 Å². The van der Waals surface area contributed by atoms with Crippen molar-refractivity contribution in [2.45, 2.75) is 25.7 Å². The van der Waals surface area contributed by atoms with Crippen molar-refractivity contribution in [2.75, 3.05) is 19.7 Å². The van der Waals surface area contributed by atoms with Gasteiger partial charge in [0.2, 0.25) is 0 Å². The summed E-state index contributed by atoms with van der Waals surface area (Å²) >= 11 is 0. The topological polar surface area (TPSA) is 69.6 Å². The lowest BCUT2D eigenvalue weighted by molar-refractivity contribution is -0.138. The zero-order chi connectivity index (χ0) is 14.1. The van der Waals surface area contributed by atoms with E-state index in [9.17, 15) is 9.90 Å². The van der Waals surface area contributed by atoms with E-state index in [0.29, 0.717) is 12.5 Å². The lowest BCUT2D eigenvalue weighted by Crippen LogP contribution is -2.30. The first kappa shape index (κ1) is 15.7. The Balaban J connectivity index is 2.50. The summed E-state index contributed by atoms with van der Waals surface area (Å²) in [6.45, 7) is 3.42. The molecule has 4 heteroatoms. The molecular formula is C15H23NO3. The minimum absolute atomic E-state index is 0.182. The lowest BCUT2D eigenvalue weighted by atomic mass is 9.98. The number of nitrogens with one attached hydrogen (secondary N) is 1. The van der Waals surface area contributed by atoms with E-state index in [-0.39, 0.29) is 6.61 Å². The van der Waals surface area contributed by atoms with E-state index >= 15 is 0 Å². The summed E-state index contributed by atoms with van der Waals surface area (Å²) in [5, 5.41) is 21.4. The number of rotatable bonds is 9. The fraction of sp³-hybridized carbons (Fsp3) is 0.533. The molecule has 0 aromatic heterocycles. The minimum atomic E-state index is -0.811. The van der Waals surface area contributed by atoms with E-state index in [2.05, 4.69) is 12.2 Å². The third-order valence-corrected chi connectivity index (χ3v) is 3.40. The van der Waals surface area contributed by atoms with Crippen LogP contribution in [0.15, 0.2) is 30.3 Å². The molecule has 1 rings (SSSR count). The summed E-state index contributed by atoms with van der Waals surface area (Å²) in [5.74, 6) is -0.933. The van der Waals surface area contributed by atoms with Crippen molar-refractivity contribution < 1.29 is 15.0 Å². The first-order valence-corrected chi connectivity index (χ1v) is 6.78. The third-order valence-electron chi connectivity index (χ3n) is 3.40. The fourth-order valence-corrected chi connectivity index (χ4v) is 2.10. The number of aliphatic hydroxyl groups excluding tert-OH is 1. The molecule has 0 saturated carbocycles. The van der Waals surface area contributed by atoms with Crippen LogP contribution in [0.2, 0.25) is 0 Å². The predicted octanol–water partition coefficient (Wildman–Crippen LogP) is 1.85. The van der Waals surface area contributed by atoms with Gasteiger partial charge in [0.15, 0.2) is 0 Å². The van der Waals surface area contributed by atoms with Crippen LogP contribution in [0.4, 0.5) is 0 Å². The van der Waals surface area contributed by atoms with Crippen molar-refractivity contribution >= 4 is 5.97 Å². The van der Waals surface area contributed by atoms with Gasteiger partial charge in [-0.2, -0.15) is 0 Å². The van der Waals surface area contributed by atoms with E-state index < -0.39 is 11.9 Å². The Bertz CT molecular complexity index is 367. The highest BCUT2D eigenvalue weighted by atomic mass is 16.4. The molecule has 0 bridgehead atoms. The summed E-state index contributed by atoms with van der Waals surface area (Å²) in [5.41, 5.74) is 0.817. The molecule has 0 aliphatic carbocycles. The zero-order valence-electron chi connectivity index (χ0n) is 11.4. The van der Waals surface area contributed by atoms with Gasteiger partial charge in [0, 0.05) is 13.2 Å². The molecule has 3 N–H and O–H groups in total. The molecule has 0 radical (unpaired) electrons. The Morgan fingerprint density at radius 3 is 2.47 bits per heavy atom. The number of hydrogen-bond donors (Lipinski definition) is 3. The molecule has 0 aliphatic rings. The van der Waals surface area contributed by atoms with E-state index in [1.54, 1.807) is 0 Å². The largest absolute Gasteiger partial charge is 0.481 e. The summed E-state index contributed by atoms with van der Waals surface area (Å²) in [6.07, 6.45) is 1.74. The molecule has 0 spiro atoms. The second-order valence-electron chi connectivity index (χ2n) is 4.75. The van der Waals surface area contributed by atoms with E-state index in [0.717, 1.165) is 24.9 Å². The molecule has 106 valence electrons. The first-order chi connectivity index (χ1) is 9.19. The van der Waals surface area contributed by atoms with Crippen molar-refractivity contribution in [1.29, 1.82) is 0 Å². The Hall–Kier alpha value is -1.39. The van der Waals surface area contributed by atoms with E-state index in [1.807, 2.05) is 30.3 Å². The van der Waals surface area contributed by atoms with Crippen molar-refractivity contribution in [3.63, 3.8) is 0 Å². The molecular weight excluding hydrogens is 242 g/mol. The Labute approximate surface area is 114 Å². The van der Waals surface area contributed by atoms with E-state index in [1.165, 1.54) is 0 Å². The van der Waals surface area contributed by atoms with Crippen LogP contribution in [-0.2, 0) is 4.79 Å². The number of benzene rings is 1. The van der Waals surface area contributed by atoms with Crippen molar-refractivity contribution in [2.24, 2.45) is 5.92 Å². The first-order valence-electron chi connectivity index (χ1n) is 6.78. The summed E-state index contributed by atoms with van der Waals surface area (Å²) < 4.78 is 0. The van der Waals surface area contributed by atoms with Crippen LogP contribution < -0.4 is 5.32 Å². The second kappa shape index (κ2) is 8.67. The highest BCUT2D eigenvalue weighted by molar-refractivity contribution is 5.76. The highest BCUT2D eigenvalue weighted by Gasteiger charge is 2.19. The average molecular weight is 265 g/mol. The molecule has 0 amide bonds. The Kier molecular flexibility index (Phi) is 7.15. The molecule has 1 aromatic carbocycles. The monoisotopic (exact) mass is 265 g/mol. The lowest BCUT2D eigenvalue weighted by Gasteiger charge is -2.17. The molecule has 19 heavy (non-hydrogen) atoms. The molecule has 0 saturated heterocycles. The van der Waals surface area contributed by atoms with Crippen molar-refractivity contribution in [3.8, 4) is 0 Å². The maximum Gasteiger partial charge on any atom is 0.312 e. The van der Waals surface area contributed by atoms with Crippen LogP contribution in [0.25, 0.3) is 0 Å². The van der Waals surface area contributed by atoms with Gasteiger partial charge >= 0.3 is 5.97 Å². The average Bonchev–Trinajstić information content (AvgIpc) is 2.42. The predicted molar refractivity (Wildman–Crippen MR) is 75.2 cm³/mol. The van der Waals surface area contributed by atoms with Crippen LogP contribution in [0.5, 0.6) is 0 Å². The number of aliphatic hydroxyl groups is 1. The van der Waals surface area contributed by atoms with Gasteiger partial charge in [-0.15, -0.1) is 0 Å². The highest BCUT2D eigenvalue weighted by Crippen LogP contribution is 2.15. The Morgan fingerprint density at radius 1 is 1.26 bits per heavy atom. The number of carboxylic acids is 1. The van der Waals surface area contributed by atoms with Crippen LogP contribution in [0, 0.1) is 5.92 Å². The summed E-state index contributed by atoms with van der Waals surface area (Å²) in [4.78, 5) is 11.3. The molecule has 0 fully saturated rings. The molecule has 2 atom stereocenters. The number of carbonyl (C=O) groups is 1. The minimum Gasteiger partial charge on any atom is -0.481 e. The van der Waals surface area contributed by atoms with Gasteiger partial charge in [0.05, 0.1) is 5.92 Å². The molecule has 0 heterocycles. The van der Waals surface area contributed by atoms with Crippen LogP contribution in [0.1, 0.15) is 31.2 Å². The molecule has 1 aromatic rings. The van der Waals surface area contributed by atoms with E-state index in [4.69, 9.17) is 5.11 Å².